The molecule has 28 heteroatoms. The molecule has 4 aromatic carbocycles. The number of alkyl halides is 12. The first-order chi connectivity index (χ1) is 36.2. The molecule has 6 rings (SSSR count). The fraction of sp³-hybridized carbons (Fsp3) is 0.327. The number of hydrogen-bond acceptors (Lipinski definition) is 11. The van der Waals surface area contributed by atoms with E-state index < -0.39 is 91.8 Å². The molecule has 0 aliphatic carbocycles. The van der Waals surface area contributed by atoms with Gasteiger partial charge in [0.05, 0.1) is 69.3 Å². The number of amides is 3. The molecular formula is C49H45F12N5O8S3. The lowest BCUT2D eigenvalue weighted by Gasteiger charge is -2.25. The summed E-state index contributed by atoms with van der Waals surface area (Å²) >= 11 is 6.08. The monoisotopic (exact) mass is 1160 g/mol. The van der Waals surface area contributed by atoms with Crippen molar-refractivity contribution >= 4 is 88.3 Å². The topological polar surface area (TPSA) is 148 Å². The third-order valence-electron chi connectivity index (χ3n) is 10.6. The third-order valence-corrected chi connectivity index (χ3v) is 13.0. The molecule has 0 spiro atoms. The molecule has 416 valence electrons. The number of ether oxygens (including phenoxy) is 4. The van der Waals surface area contributed by atoms with Crippen LogP contribution in [0.2, 0.25) is 0 Å². The van der Waals surface area contributed by atoms with Crippen molar-refractivity contribution in [3.8, 4) is 0 Å². The maximum atomic E-state index is 14.2. The van der Waals surface area contributed by atoms with E-state index in [2.05, 4.69) is 25.4 Å². The van der Waals surface area contributed by atoms with Crippen molar-refractivity contribution in [3.05, 3.63) is 118 Å². The zero-order chi connectivity index (χ0) is 56.7. The maximum Gasteiger partial charge on any atom is 0.418 e. The van der Waals surface area contributed by atoms with Crippen LogP contribution in [-0.2, 0) is 58.0 Å². The van der Waals surface area contributed by atoms with Crippen molar-refractivity contribution < 1.29 is 90.8 Å². The second kappa shape index (κ2) is 27.2. The van der Waals surface area contributed by atoms with Crippen LogP contribution >= 0.6 is 35.7 Å². The number of anilines is 2. The summed E-state index contributed by atoms with van der Waals surface area (Å²) < 4.78 is 188. The predicted molar refractivity (Wildman–Crippen MR) is 264 cm³/mol. The highest BCUT2D eigenvalue weighted by molar-refractivity contribution is 7.99. The Morgan fingerprint density at radius 3 is 1.36 bits per heavy atom. The van der Waals surface area contributed by atoms with Crippen molar-refractivity contribution in [1.82, 2.24) is 15.1 Å². The van der Waals surface area contributed by atoms with Crippen LogP contribution in [0.4, 0.5) is 68.9 Å². The molecule has 0 radical (unpaired) electrons. The van der Waals surface area contributed by atoms with E-state index in [0.717, 1.165) is 55.7 Å². The molecule has 13 nitrogen and oxygen atoms in total. The Morgan fingerprint density at radius 1 is 0.584 bits per heavy atom. The highest BCUT2D eigenvalue weighted by atomic mass is 32.2. The second-order valence-electron chi connectivity index (χ2n) is 15.9. The summed E-state index contributed by atoms with van der Waals surface area (Å²) in [5, 5.41) is 8.02. The molecule has 2 aliphatic rings. The van der Waals surface area contributed by atoms with Crippen LogP contribution in [0, 0.1) is 0 Å². The molecule has 2 saturated heterocycles. The summed E-state index contributed by atoms with van der Waals surface area (Å²) in [5.41, 5.74) is -8.53. The average molecular weight is 1160 g/mol. The molecule has 77 heavy (non-hydrogen) atoms. The van der Waals surface area contributed by atoms with Gasteiger partial charge < -0.3 is 39.4 Å². The summed E-state index contributed by atoms with van der Waals surface area (Å²) in [6.07, 6.45) is -19.1. The zero-order valence-corrected chi connectivity index (χ0v) is 42.7. The van der Waals surface area contributed by atoms with Crippen LogP contribution in [0.5, 0.6) is 0 Å². The first-order valence-corrected chi connectivity index (χ1v) is 24.5. The van der Waals surface area contributed by atoms with Gasteiger partial charge in [-0.1, -0.05) is 47.8 Å². The predicted octanol–water partition coefficient (Wildman–Crippen LogP) is 11.5. The molecule has 2 fully saturated rings. The molecule has 0 bridgehead atoms. The van der Waals surface area contributed by atoms with E-state index in [1.807, 2.05) is 0 Å². The van der Waals surface area contributed by atoms with Crippen LogP contribution < -0.4 is 16.0 Å². The molecule has 3 amide bonds. The quantitative estimate of drug-likeness (QED) is 0.0505. The van der Waals surface area contributed by atoms with Crippen molar-refractivity contribution in [2.24, 2.45) is 0 Å². The maximum absolute atomic E-state index is 14.2. The zero-order valence-electron chi connectivity index (χ0n) is 40.2. The van der Waals surface area contributed by atoms with Gasteiger partial charge in [0.15, 0.2) is 5.11 Å². The van der Waals surface area contributed by atoms with E-state index in [-0.39, 0.29) is 86.2 Å². The number of benzene rings is 4. The molecule has 0 unspecified atom stereocenters. The normalized spacial score (nSPS) is 14.4. The van der Waals surface area contributed by atoms with Crippen LogP contribution in [0.3, 0.4) is 0 Å². The Labute approximate surface area is 445 Å². The summed E-state index contributed by atoms with van der Waals surface area (Å²) in [5.74, 6) is -1.72. The van der Waals surface area contributed by atoms with E-state index in [9.17, 15) is 71.9 Å². The van der Waals surface area contributed by atoms with Gasteiger partial charge in [0.1, 0.15) is 0 Å². The van der Waals surface area contributed by atoms with Crippen molar-refractivity contribution in [2.45, 2.75) is 50.7 Å². The third kappa shape index (κ3) is 18.3. The first-order valence-electron chi connectivity index (χ1n) is 22.4. The summed E-state index contributed by atoms with van der Waals surface area (Å²) in [7, 11) is 2.36. The minimum atomic E-state index is -5.37. The number of methoxy groups -OCH3 is 2. The smallest absolute Gasteiger partial charge is 0.418 e. The van der Waals surface area contributed by atoms with E-state index in [4.69, 9.17) is 21.7 Å². The fourth-order valence-electron chi connectivity index (χ4n) is 7.17. The molecular weight excluding hydrogens is 1110 g/mol. The van der Waals surface area contributed by atoms with Crippen molar-refractivity contribution in [1.29, 1.82) is 0 Å². The van der Waals surface area contributed by atoms with Crippen LogP contribution in [-0.4, -0.2) is 112 Å². The molecule has 0 atom stereocenters. The highest BCUT2D eigenvalue weighted by Gasteiger charge is 2.48. The van der Waals surface area contributed by atoms with E-state index in [0.29, 0.717) is 29.2 Å². The lowest BCUT2D eigenvalue weighted by Crippen LogP contribution is -2.39. The number of esters is 1. The molecule has 2 heterocycles. The molecule has 4 aromatic rings. The van der Waals surface area contributed by atoms with Crippen molar-refractivity contribution in [3.63, 3.8) is 0 Å². The number of nitrogens with one attached hydrogen (secondary N) is 3. The summed E-state index contributed by atoms with van der Waals surface area (Å²) in [6, 6.07) is 15.1. The number of halogens is 12. The standard InChI is InChI=1S/C26H25F6N3O4S2.C23H20F6N2O4S/c1-38-21(37)9-10-33-24(40)34-17-3-2-4-18(15-17)41-19-7-5-16(6-8-20(36)35-11-13-39-14-12-35)22(25(27,28)29)23(19)26(30,31)32;1-34-21(33)30-15-3-2-4-16(13-15)36-17-7-5-14(6-8-18(32)31-9-11-35-12-10-31)19(22(24,25)26)20(17)23(27,28)29/h2-8,15H,9-14H2,1H3,(H2,33,34,40);2-8,13H,9-12H2,1H3,(H,30,33)/b2*8-6+. The first kappa shape index (κ1) is 61.4. The van der Waals surface area contributed by atoms with Gasteiger partial charge in [-0.15, -0.1) is 0 Å². The van der Waals surface area contributed by atoms with Crippen LogP contribution in [0.25, 0.3) is 12.2 Å². The summed E-state index contributed by atoms with van der Waals surface area (Å²) in [4.78, 5) is 48.9. The van der Waals surface area contributed by atoms with Crippen LogP contribution in [0.15, 0.2) is 105 Å². The van der Waals surface area contributed by atoms with Crippen molar-refractivity contribution in [2.75, 3.05) is 84.0 Å². The van der Waals surface area contributed by atoms with Gasteiger partial charge in [0.2, 0.25) is 11.8 Å². The highest BCUT2D eigenvalue weighted by Crippen LogP contribution is 2.50. The van der Waals surface area contributed by atoms with Crippen LogP contribution in [0.1, 0.15) is 39.8 Å². The summed E-state index contributed by atoms with van der Waals surface area (Å²) in [6.45, 7) is 2.09. The number of hydrogen-bond donors (Lipinski definition) is 3. The lowest BCUT2D eigenvalue weighted by molar-refractivity contribution is -0.163. The van der Waals surface area contributed by atoms with Gasteiger partial charge in [-0.2, -0.15) is 52.7 Å². The molecule has 0 saturated carbocycles. The Hall–Kier alpha value is -6.49. The fourth-order valence-corrected chi connectivity index (χ4v) is 9.48. The minimum Gasteiger partial charge on any atom is -0.469 e. The largest absolute Gasteiger partial charge is 0.469 e. The average Bonchev–Trinajstić information content (AvgIpc) is 3.40. The Morgan fingerprint density at radius 2 is 0.987 bits per heavy atom. The van der Waals surface area contributed by atoms with Gasteiger partial charge in [0, 0.05) is 75.8 Å². The van der Waals surface area contributed by atoms with E-state index >= 15 is 0 Å². The number of morpholine rings is 2. The number of thiocarbonyl (C=S) groups is 1. The van der Waals surface area contributed by atoms with Gasteiger partial charge >= 0.3 is 36.8 Å². The van der Waals surface area contributed by atoms with E-state index in [1.54, 1.807) is 6.07 Å². The SMILES string of the molecule is COC(=O)CCNC(=S)Nc1cccc(Sc2ccc(/C=C/C(=O)N3CCOCC3)c(C(F)(F)F)c2C(F)(F)F)c1.COC(=O)Nc1cccc(Sc2ccc(/C=C/C(=O)N3CCOCC3)c(C(F)(F)F)c2C(F)(F)F)c1. The number of carbonyl (C=O) groups is 4. The van der Waals surface area contributed by atoms with Gasteiger partial charge in [-0.25, -0.2) is 4.79 Å². The molecule has 3 N–H and O–H groups in total. The Kier molecular flexibility index (Phi) is 21.7. The lowest BCUT2D eigenvalue weighted by atomic mass is 9.99. The molecule has 0 aromatic heterocycles. The van der Waals surface area contributed by atoms with Gasteiger partial charge in [-0.05, 0) is 84.0 Å². The second-order valence-corrected chi connectivity index (χ2v) is 18.6. The van der Waals surface area contributed by atoms with Gasteiger partial charge in [0.25, 0.3) is 0 Å². The van der Waals surface area contributed by atoms with Gasteiger partial charge in [-0.3, -0.25) is 19.7 Å². The number of rotatable bonds is 13. The Bertz CT molecular complexity index is 2820. The number of nitrogens with zero attached hydrogens (tertiary/aromatic N) is 2. The number of carbonyl (C=O) groups excluding carboxylic acids is 4. The minimum absolute atomic E-state index is 0.0442. The van der Waals surface area contributed by atoms with E-state index in [1.165, 1.54) is 59.4 Å². The Balaban J connectivity index is 0.000000286. The molecule has 2 aliphatic heterocycles.